The van der Waals surface area contributed by atoms with Gasteiger partial charge in [0.15, 0.2) is 5.96 Å². The summed E-state index contributed by atoms with van der Waals surface area (Å²) in [7, 11) is 0. The number of aliphatic imine (C=N–C) groups is 1. The number of hydrogen-bond acceptors (Lipinski definition) is 4. The summed E-state index contributed by atoms with van der Waals surface area (Å²) in [4.78, 5) is 7.09. The van der Waals surface area contributed by atoms with Crippen LogP contribution in [0.2, 0.25) is 0 Å². The fourth-order valence-corrected chi connectivity index (χ4v) is 2.79. The van der Waals surface area contributed by atoms with Crippen molar-refractivity contribution < 1.29 is 9.47 Å². The average molecular weight is 393 g/mol. The van der Waals surface area contributed by atoms with Gasteiger partial charge in [-0.05, 0) is 45.8 Å². The van der Waals surface area contributed by atoms with Crippen LogP contribution in [0.25, 0.3) is 0 Å². The van der Waals surface area contributed by atoms with Crippen LogP contribution < -0.4 is 15.4 Å². The number of nitrogens with zero attached hydrogens (tertiary/aromatic N) is 2. The molecule has 0 aromatic heterocycles. The Morgan fingerprint density at radius 3 is 2.50 bits per heavy atom. The lowest BCUT2D eigenvalue weighted by Crippen LogP contribution is -2.37. The molecule has 0 saturated heterocycles. The largest absolute Gasteiger partial charge is 0.492 e. The fraction of sp³-hybridized carbons (Fsp3) is 0.682. The summed E-state index contributed by atoms with van der Waals surface area (Å²) in [6.45, 7) is 16.1. The molecular weight excluding hydrogens is 352 g/mol. The Bertz CT molecular complexity index is 533. The number of guanidine groups is 1. The summed E-state index contributed by atoms with van der Waals surface area (Å²) < 4.78 is 11.4. The first-order chi connectivity index (χ1) is 13.7. The maximum atomic E-state index is 6.03. The molecule has 2 N–H and O–H groups in total. The number of para-hydroxylation sites is 1. The van der Waals surface area contributed by atoms with Crippen LogP contribution in [0.4, 0.5) is 0 Å². The van der Waals surface area contributed by atoms with E-state index in [1.54, 1.807) is 0 Å². The lowest BCUT2D eigenvalue weighted by molar-refractivity contribution is 0.143. The highest BCUT2D eigenvalue weighted by atomic mass is 16.5. The predicted octanol–water partition coefficient (Wildman–Crippen LogP) is 3.28. The van der Waals surface area contributed by atoms with Crippen LogP contribution in [0.3, 0.4) is 0 Å². The Labute approximate surface area is 171 Å². The molecule has 0 heterocycles. The van der Waals surface area contributed by atoms with Crippen LogP contribution in [0.1, 0.15) is 46.1 Å². The Hall–Kier alpha value is -1.79. The molecular formula is C22H40N4O2. The van der Waals surface area contributed by atoms with Gasteiger partial charge in [-0.2, -0.15) is 0 Å². The van der Waals surface area contributed by atoms with Gasteiger partial charge in [0.25, 0.3) is 0 Å². The Morgan fingerprint density at radius 2 is 1.79 bits per heavy atom. The highest BCUT2D eigenvalue weighted by Gasteiger charge is 2.05. The molecule has 0 radical (unpaired) electrons. The summed E-state index contributed by atoms with van der Waals surface area (Å²) >= 11 is 0. The Balaban J connectivity index is 2.53. The summed E-state index contributed by atoms with van der Waals surface area (Å²) in [6, 6.07) is 8.17. The second kappa shape index (κ2) is 16.2. The first-order valence-corrected chi connectivity index (χ1v) is 10.8. The number of hydrogen-bond donors (Lipinski definition) is 2. The third kappa shape index (κ3) is 10.5. The third-order valence-electron chi connectivity index (χ3n) is 4.50. The molecule has 28 heavy (non-hydrogen) atoms. The van der Waals surface area contributed by atoms with E-state index in [-0.39, 0.29) is 0 Å². The van der Waals surface area contributed by atoms with E-state index >= 15 is 0 Å². The summed E-state index contributed by atoms with van der Waals surface area (Å²) in [5, 5.41) is 6.70. The van der Waals surface area contributed by atoms with E-state index in [1.807, 2.05) is 25.1 Å². The molecule has 1 rings (SSSR count). The molecule has 0 unspecified atom stereocenters. The van der Waals surface area contributed by atoms with E-state index in [2.05, 4.69) is 42.4 Å². The molecule has 0 bridgehead atoms. The average Bonchev–Trinajstić information content (AvgIpc) is 2.72. The highest BCUT2D eigenvalue weighted by Crippen LogP contribution is 2.18. The first kappa shape index (κ1) is 24.2. The van der Waals surface area contributed by atoms with E-state index in [4.69, 9.17) is 14.5 Å². The van der Waals surface area contributed by atoms with Crippen LogP contribution in [0, 0.1) is 0 Å². The van der Waals surface area contributed by atoms with Crippen LogP contribution in [-0.2, 0) is 11.3 Å². The standard InChI is InChI=1S/C22H40N4O2/c1-5-23-22(24-15-11-12-17-27-8-4)25-19-20-13-9-10-14-21(20)28-18-16-26(6-2)7-3/h9-10,13-14H,5-8,11-12,15-19H2,1-4H3,(H2,23,24,25). The molecule has 0 amide bonds. The number of unbranched alkanes of at least 4 members (excludes halogenated alkanes) is 1. The lowest BCUT2D eigenvalue weighted by atomic mass is 10.2. The molecule has 0 aliphatic carbocycles. The molecule has 0 spiro atoms. The molecule has 0 fully saturated rings. The van der Waals surface area contributed by atoms with Crippen molar-refractivity contribution in [1.82, 2.24) is 15.5 Å². The van der Waals surface area contributed by atoms with Gasteiger partial charge >= 0.3 is 0 Å². The van der Waals surface area contributed by atoms with Gasteiger partial charge < -0.3 is 25.0 Å². The topological polar surface area (TPSA) is 58.1 Å². The van der Waals surface area contributed by atoms with Crippen molar-refractivity contribution >= 4 is 5.96 Å². The number of benzene rings is 1. The molecule has 1 aromatic carbocycles. The van der Waals surface area contributed by atoms with Crippen molar-refractivity contribution in [2.24, 2.45) is 4.99 Å². The Morgan fingerprint density at radius 1 is 1.00 bits per heavy atom. The first-order valence-electron chi connectivity index (χ1n) is 10.8. The Kier molecular flexibility index (Phi) is 14.0. The van der Waals surface area contributed by atoms with Crippen molar-refractivity contribution in [2.75, 3.05) is 52.5 Å². The van der Waals surface area contributed by atoms with Gasteiger partial charge in [0.2, 0.25) is 0 Å². The smallest absolute Gasteiger partial charge is 0.191 e. The van der Waals surface area contributed by atoms with Gasteiger partial charge in [-0.15, -0.1) is 0 Å². The fourth-order valence-electron chi connectivity index (χ4n) is 2.79. The van der Waals surface area contributed by atoms with Crippen molar-refractivity contribution in [3.05, 3.63) is 29.8 Å². The monoisotopic (exact) mass is 392 g/mol. The molecule has 160 valence electrons. The van der Waals surface area contributed by atoms with Crippen LogP contribution in [-0.4, -0.2) is 63.4 Å². The third-order valence-corrected chi connectivity index (χ3v) is 4.50. The SMILES string of the molecule is CCNC(=NCc1ccccc1OCCN(CC)CC)NCCCCOCC. The molecule has 0 aliphatic rings. The quantitative estimate of drug-likeness (QED) is 0.273. The normalized spacial score (nSPS) is 11.7. The summed E-state index contributed by atoms with van der Waals surface area (Å²) in [5.41, 5.74) is 1.11. The molecule has 6 nitrogen and oxygen atoms in total. The number of nitrogens with one attached hydrogen (secondary N) is 2. The van der Waals surface area contributed by atoms with Gasteiger partial charge in [0, 0.05) is 38.4 Å². The van der Waals surface area contributed by atoms with Gasteiger partial charge in [0.1, 0.15) is 12.4 Å². The maximum absolute atomic E-state index is 6.03. The second-order valence-electron chi connectivity index (χ2n) is 6.51. The van der Waals surface area contributed by atoms with E-state index < -0.39 is 0 Å². The minimum Gasteiger partial charge on any atom is -0.492 e. The highest BCUT2D eigenvalue weighted by molar-refractivity contribution is 5.79. The molecule has 0 atom stereocenters. The maximum Gasteiger partial charge on any atom is 0.191 e. The van der Waals surface area contributed by atoms with Gasteiger partial charge in [-0.25, -0.2) is 4.99 Å². The van der Waals surface area contributed by atoms with Gasteiger partial charge in [-0.3, -0.25) is 0 Å². The van der Waals surface area contributed by atoms with Crippen molar-refractivity contribution in [1.29, 1.82) is 0 Å². The van der Waals surface area contributed by atoms with Crippen molar-refractivity contribution in [3.8, 4) is 5.75 Å². The van der Waals surface area contributed by atoms with Crippen LogP contribution in [0.15, 0.2) is 29.3 Å². The van der Waals surface area contributed by atoms with Crippen molar-refractivity contribution in [3.63, 3.8) is 0 Å². The van der Waals surface area contributed by atoms with E-state index in [9.17, 15) is 0 Å². The van der Waals surface area contributed by atoms with Gasteiger partial charge in [-0.1, -0.05) is 32.0 Å². The number of likely N-dealkylation sites (N-methyl/N-ethyl adjacent to an activating group) is 1. The van der Waals surface area contributed by atoms with Crippen molar-refractivity contribution in [2.45, 2.75) is 47.1 Å². The van der Waals surface area contributed by atoms with Crippen LogP contribution in [0.5, 0.6) is 5.75 Å². The minimum atomic E-state index is 0.593. The molecule has 1 aromatic rings. The zero-order valence-electron chi connectivity index (χ0n) is 18.3. The summed E-state index contributed by atoms with van der Waals surface area (Å²) in [6.07, 6.45) is 2.12. The molecule has 0 saturated carbocycles. The number of rotatable bonds is 15. The van der Waals surface area contributed by atoms with E-state index in [0.717, 1.165) is 76.1 Å². The minimum absolute atomic E-state index is 0.593. The molecule has 0 aliphatic heterocycles. The van der Waals surface area contributed by atoms with Crippen LogP contribution >= 0.6 is 0 Å². The second-order valence-corrected chi connectivity index (χ2v) is 6.51. The predicted molar refractivity (Wildman–Crippen MR) is 118 cm³/mol. The van der Waals surface area contributed by atoms with E-state index in [1.165, 1.54) is 0 Å². The lowest BCUT2D eigenvalue weighted by Gasteiger charge is -2.19. The zero-order chi connectivity index (χ0) is 20.5. The van der Waals surface area contributed by atoms with E-state index in [0.29, 0.717) is 13.2 Å². The molecule has 6 heteroatoms. The summed E-state index contributed by atoms with van der Waals surface area (Å²) in [5.74, 6) is 1.77. The van der Waals surface area contributed by atoms with Gasteiger partial charge in [0.05, 0.1) is 6.54 Å². The number of ether oxygens (including phenoxy) is 2. The zero-order valence-corrected chi connectivity index (χ0v) is 18.3.